The largest absolute Gasteiger partial charge is 0.397 e. The fraction of sp³-hybridized carbons (Fsp3) is 0.0714. The van der Waals surface area contributed by atoms with E-state index in [1.165, 1.54) is 12.1 Å². The van der Waals surface area contributed by atoms with Crippen molar-refractivity contribution in [3.8, 4) is 0 Å². The van der Waals surface area contributed by atoms with Gasteiger partial charge in [-0.15, -0.1) is 0 Å². The molecule has 0 bridgehead atoms. The van der Waals surface area contributed by atoms with Crippen molar-refractivity contribution in [2.75, 3.05) is 11.1 Å². The van der Waals surface area contributed by atoms with E-state index in [0.717, 1.165) is 5.56 Å². The monoisotopic (exact) mass is 244 g/mol. The van der Waals surface area contributed by atoms with Gasteiger partial charge in [-0.1, -0.05) is 23.8 Å². The quantitative estimate of drug-likeness (QED) is 0.798. The Morgan fingerprint density at radius 2 is 1.94 bits per heavy atom. The number of hydrogen-bond donors (Lipinski definition) is 2. The molecule has 18 heavy (non-hydrogen) atoms. The van der Waals surface area contributed by atoms with E-state index in [1.54, 1.807) is 37.3 Å². The van der Waals surface area contributed by atoms with Crippen LogP contribution < -0.4 is 11.1 Å². The smallest absolute Gasteiger partial charge is 0.258 e. The maximum atomic E-state index is 13.5. The van der Waals surface area contributed by atoms with Gasteiger partial charge in [0.25, 0.3) is 5.91 Å². The van der Waals surface area contributed by atoms with E-state index in [4.69, 9.17) is 5.73 Å². The lowest BCUT2D eigenvalue weighted by Crippen LogP contribution is -2.15. The van der Waals surface area contributed by atoms with Gasteiger partial charge in [-0.05, 0) is 31.2 Å². The fourth-order valence-electron chi connectivity index (χ4n) is 1.61. The first-order valence-electron chi connectivity index (χ1n) is 5.50. The van der Waals surface area contributed by atoms with Crippen molar-refractivity contribution < 1.29 is 9.18 Å². The van der Waals surface area contributed by atoms with Crippen LogP contribution in [0.4, 0.5) is 15.8 Å². The van der Waals surface area contributed by atoms with Crippen molar-refractivity contribution in [3.63, 3.8) is 0 Å². The molecule has 0 spiro atoms. The molecule has 0 aromatic heterocycles. The molecule has 0 heterocycles. The Kier molecular flexibility index (Phi) is 3.28. The molecule has 4 heteroatoms. The summed E-state index contributed by atoms with van der Waals surface area (Å²) in [6.45, 7) is 1.80. The van der Waals surface area contributed by atoms with E-state index >= 15 is 0 Å². The highest BCUT2D eigenvalue weighted by molar-refractivity contribution is 6.06. The number of anilines is 2. The number of nitrogen functional groups attached to an aromatic ring is 1. The molecule has 0 aliphatic heterocycles. The molecular weight excluding hydrogens is 231 g/mol. The minimum Gasteiger partial charge on any atom is -0.397 e. The number of nitrogens with one attached hydrogen (secondary N) is 1. The minimum absolute atomic E-state index is 0.0123. The summed E-state index contributed by atoms with van der Waals surface area (Å²) in [4.78, 5) is 11.9. The molecule has 2 aromatic rings. The highest BCUT2D eigenvalue weighted by Gasteiger charge is 2.12. The molecule has 2 aromatic carbocycles. The second-order valence-corrected chi connectivity index (χ2v) is 4.02. The van der Waals surface area contributed by atoms with Crippen LogP contribution >= 0.6 is 0 Å². The molecule has 0 radical (unpaired) electrons. The highest BCUT2D eigenvalue weighted by Crippen LogP contribution is 2.19. The van der Waals surface area contributed by atoms with Gasteiger partial charge in [-0.3, -0.25) is 4.79 Å². The third kappa shape index (κ3) is 2.48. The van der Waals surface area contributed by atoms with Crippen molar-refractivity contribution in [1.82, 2.24) is 0 Å². The van der Waals surface area contributed by atoms with Crippen molar-refractivity contribution >= 4 is 17.3 Å². The van der Waals surface area contributed by atoms with Gasteiger partial charge < -0.3 is 11.1 Å². The Morgan fingerprint density at radius 3 is 2.67 bits per heavy atom. The fourth-order valence-corrected chi connectivity index (χ4v) is 1.61. The molecule has 0 fully saturated rings. The van der Waals surface area contributed by atoms with Gasteiger partial charge in [-0.2, -0.15) is 0 Å². The van der Waals surface area contributed by atoms with E-state index in [9.17, 15) is 9.18 Å². The van der Waals surface area contributed by atoms with Crippen LogP contribution in [0.3, 0.4) is 0 Å². The second-order valence-electron chi connectivity index (χ2n) is 4.02. The first-order chi connectivity index (χ1) is 8.58. The molecule has 92 valence electrons. The predicted octanol–water partition coefficient (Wildman–Crippen LogP) is 2.97. The van der Waals surface area contributed by atoms with Gasteiger partial charge in [0.2, 0.25) is 0 Å². The maximum absolute atomic E-state index is 13.5. The Bertz CT molecular complexity index is 596. The lowest BCUT2D eigenvalue weighted by Gasteiger charge is -2.08. The van der Waals surface area contributed by atoms with Gasteiger partial charge in [0.15, 0.2) is 0 Å². The summed E-state index contributed by atoms with van der Waals surface area (Å²) in [5, 5.41) is 2.59. The maximum Gasteiger partial charge on any atom is 0.258 e. The van der Waals surface area contributed by atoms with Crippen LogP contribution in [0.25, 0.3) is 0 Å². The van der Waals surface area contributed by atoms with Crippen molar-refractivity contribution in [3.05, 3.63) is 59.4 Å². The highest BCUT2D eigenvalue weighted by atomic mass is 19.1. The number of amides is 1. The first kappa shape index (κ1) is 12.1. The van der Waals surface area contributed by atoms with Gasteiger partial charge >= 0.3 is 0 Å². The van der Waals surface area contributed by atoms with Crippen molar-refractivity contribution in [1.29, 1.82) is 0 Å². The van der Waals surface area contributed by atoms with Crippen molar-refractivity contribution in [2.45, 2.75) is 6.92 Å². The van der Waals surface area contributed by atoms with E-state index in [0.29, 0.717) is 11.4 Å². The predicted molar refractivity (Wildman–Crippen MR) is 69.9 cm³/mol. The molecule has 3 N–H and O–H groups in total. The summed E-state index contributed by atoms with van der Waals surface area (Å²) in [5.41, 5.74) is 7.46. The van der Waals surface area contributed by atoms with Crippen LogP contribution in [-0.2, 0) is 0 Å². The summed E-state index contributed by atoms with van der Waals surface area (Å²) >= 11 is 0. The number of aryl methyl sites for hydroxylation is 1. The number of halogens is 1. The average molecular weight is 244 g/mol. The van der Waals surface area contributed by atoms with E-state index in [2.05, 4.69) is 5.32 Å². The van der Waals surface area contributed by atoms with Gasteiger partial charge in [0.05, 0.1) is 16.9 Å². The Morgan fingerprint density at radius 1 is 1.22 bits per heavy atom. The normalized spacial score (nSPS) is 10.1. The van der Waals surface area contributed by atoms with Crippen LogP contribution in [-0.4, -0.2) is 5.91 Å². The summed E-state index contributed by atoms with van der Waals surface area (Å²) in [7, 11) is 0. The van der Waals surface area contributed by atoms with Gasteiger partial charge in [0, 0.05) is 0 Å². The Balaban J connectivity index is 2.28. The molecule has 0 aliphatic carbocycles. The van der Waals surface area contributed by atoms with Crippen LogP contribution in [0.15, 0.2) is 42.5 Å². The SMILES string of the molecule is Cc1ccc(F)c(C(=O)Nc2ccccc2N)c1. The molecule has 0 atom stereocenters. The standard InChI is InChI=1S/C14H13FN2O/c1-9-6-7-11(15)10(8-9)14(18)17-13-5-3-2-4-12(13)16/h2-8H,16H2,1H3,(H,17,18). The third-order valence-corrected chi connectivity index (χ3v) is 2.58. The van der Waals surface area contributed by atoms with E-state index in [-0.39, 0.29) is 5.56 Å². The third-order valence-electron chi connectivity index (χ3n) is 2.58. The summed E-state index contributed by atoms with van der Waals surface area (Å²) in [5.74, 6) is -1.05. The van der Waals surface area contributed by atoms with E-state index in [1.807, 2.05) is 0 Å². The number of hydrogen-bond acceptors (Lipinski definition) is 2. The van der Waals surface area contributed by atoms with Crippen LogP contribution in [0.1, 0.15) is 15.9 Å². The van der Waals surface area contributed by atoms with Gasteiger partial charge in [0.1, 0.15) is 5.82 Å². The average Bonchev–Trinajstić information content (AvgIpc) is 2.35. The number of carbonyl (C=O) groups is 1. The Hall–Kier alpha value is -2.36. The zero-order valence-electron chi connectivity index (χ0n) is 9.91. The van der Waals surface area contributed by atoms with Crippen molar-refractivity contribution in [2.24, 2.45) is 0 Å². The van der Waals surface area contributed by atoms with Crippen LogP contribution in [0.5, 0.6) is 0 Å². The lowest BCUT2D eigenvalue weighted by molar-refractivity contribution is 0.102. The number of benzene rings is 2. The molecule has 0 unspecified atom stereocenters. The number of nitrogens with two attached hydrogens (primary N) is 1. The zero-order chi connectivity index (χ0) is 13.1. The number of rotatable bonds is 2. The number of carbonyl (C=O) groups excluding carboxylic acids is 1. The summed E-state index contributed by atoms with van der Waals surface area (Å²) < 4.78 is 13.5. The molecule has 0 aliphatic rings. The summed E-state index contributed by atoms with van der Waals surface area (Å²) in [6, 6.07) is 11.2. The summed E-state index contributed by atoms with van der Waals surface area (Å²) in [6.07, 6.45) is 0. The lowest BCUT2D eigenvalue weighted by atomic mass is 10.1. The first-order valence-corrected chi connectivity index (χ1v) is 5.50. The van der Waals surface area contributed by atoms with Gasteiger partial charge in [-0.25, -0.2) is 4.39 Å². The molecule has 0 saturated carbocycles. The van der Waals surface area contributed by atoms with E-state index < -0.39 is 11.7 Å². The molecule has 0 saturated heterocycles. The molecule has 2 rings (SSSR count). The number of para-hydroxylation sites is 2. The topological polar surface area (TPSA) is 55.1 Å². The molecule has 3 nitrogen and oxygen atoms in total. The second kappa shape index (κ2) is 4.87. The van der Waals surface area contributed by atoms with Crippen LogP contribution in [0, 0.1) is 12.7 Å². The Labute approximate surface area is 104 Å². The zero-order valence-corrected chi connectivity index (χ0v) is 9.91. The molecular formula is C14H13FN2O. The van der Waals surface area contributed by atoms with Crippen LogP contribution in [0.2, 0.25) is 0 Å². The molecule has 1 amide bonds. The minimum atomic E-state index is -0.549.